The summed E-state index contributed by atoms with van der Waals surface area (Å²) in [5.74, 6) is -3.55. The van der Waals surface area contributed by atoms with Gasteiger partial charge in [-0.2, -0.15) is 13.2 Å². The maximum absolute atomic E-state index is 12.7. The van der Waals surface area contributed by atoms with Crippen LogP contribution in [0.5, 0.6) is 5.75 Å². The summed E-state index contributed by atoms with van der Waals surface area (Å²) in [5.41, 5.74) is -0.892. The molecule has 29 heavy (non-hydrogen) atoms. The highest BCUT2D eigenvalue weighted by Crippen LogP contribution is 2.34. The third kappa shape index (κ3) is 3.97. The van der Waals surface area contributed by atoms with Crippen molar-refractivity contribution >= 4 is 28.6 Å². The van der Waals surface area contributed by atoms with Crippen LogP contribution in [0.1, 0.15) is 5.56 Å². The second-order valence-electron chi connectivity index (χ2n) is 6.40. The van der Waals surface area contributed by atoms with Gasteiger partial charge < -0.3 is 24.9 Å². The van der Waals surface area contributed by atoms with E-state index in [2.05, 4.69) is 11.9 Å². The number of ether oxygens (including phenoxy) is 1. The zero-order valence-corrected chi connectivity index (χ0v) is 15.4. The van der Waals surface area contributed by atoms with Crippen LogP contribution in [0.15, 0.2) is 36.4 Å². The van der Waals surface area contributed by atoms with Gasteiger partial charge in [-0.05, 0) is 23.8 Å². The molecule has 1 aromatic carbocycles. The molecule has 0 saturated carbocycles. The van der Waals surface area contributed by atoms with Crippen molar-refractivity contribution in [2.45, 2.75) is 23.6 Å². The monoisotopic (exact) mass is 431 g/mol. The molecule has 3 unspecified atom stereocenters. The first-order valence-electron chi connectivity index (χ1n) is 8.18. The Kier molecular flexibility index (Phi) is 5.39. The predicted octanol–water partition coefficient (Wildman–Crippen LogP) is -0.826. The number of carbonyl (C=O) groups is 3. The van der Waals surface area contributed by atoms with Crippen LogP contribution in [-0.2, 0) is 31.4 Å². The van der Waals surface area contributed by atoms with Gasteiger partial charge in [0, 0.05) is 5.75 Å². The zero-order chi connectivity index (χ0) is 21.5. The summed E-state index contributed by atoms with van der Waals surface area (Å²) < 4.78 is 55.3. The van der Waals surface area contributed by atoms with E-state index in [4.69, 9.17) is 4.74 Å². The predicted molar refractivity (Wildman–Crippen MR) is 90.4 cm³/mol. The normalized spacial score (nSPS) is 26.4. The minimum Gasteiger partial charge on any atom is -0.548 e. The number of rotatable bonds is 5. The summed E-state index contributed by atoms with van der Waals surface area (Å²) in [6.45, 7) is 2.81. The van der Waals surface area contributed by atoms with Crippen LogP contribution in [0.25, 0.3) is 0 Å². The molecule has 0 spiro atoms. The van der Waals surface area contributed by atoms with E-state index in [0.29, 0.717) is 0 Å². The molecule has 1 aromatic rings. The molecular formula is C17H14F3N2O6S-. The number of hydrogen-bond acceptors (Lipinski definition) is 6. The van der Waals surface area contributed by atoms with Crippen molar-refractivity contribution in [3.63, 3.8) is 0 Å². The first kappa shape index (κ1) is 20.8. The molecule has 1 N–H and O–H groups in total. The number of carbonyl (C=O) groups excluding carboxylic acids is 3. The summed E-state index contributed by atoms with van der Waals surface area (Å²) in [4.78, 5) is 36.4. The molecule has 2 aliphatic heterocycles. The van der Waals surface area contributed by atoms with Gasteiger partial charge in [0.15, 0.2) is 6.61 Å². The van der Waals surface area contributed by atoms with E-state index in [1.54, 1.807) is 0 Å². The number of halogens is 3. The average molecular weight is 431 g/mol. The fourth-order valence-electron chi connectivity index (χ4n) is 3.12. The minimum absolute atomic E-state index is 0.0607. The number of carboxylic acid groups (broad SMARTS) is 1. The van der Waals surface area contributed by atoms with Gasteiger partial charge in [0.1, 0.15) is 17.2 Å². The number of nitrogens with one attached hydrogen (secondary N) is 1. The average Bonchev–Trinajstić information content (AvgIpc) is 2.63. The van der Waals surface area contributed by atoms with E-state index < -0.39 is 64.4 Å². The Morgan fingerprint density at radius 2 is 2.07 bits per heavy atom. The lowest BCUT2D eigenvalue weighted by Crippen LogP contribution is -2.78. The van der Waals surface area contributed by atoms with E-state index >= 15 is 0 Å². The Morgan fingerprint density at radius 1 is 1.38 bits per heavy atom. The number of β-lactam (4-membered cyclic amide) rings is 1. The van der Waals surface area contributed by atoms with Crippen molar-refractivity contribution < 1.29 is 41.6 Å². The van der Waals surface area contributed by atoms with Gasteiger partial charge >= 0.3 is 6.18 Å². The highest BCUT2D eigenvalue weighted by Gasteiger charge is 2.57. The van der Waals surface area contributed by atoms with Gasteiger partial charge in [-0.1, -0.05) is 12.6 Å². The van der Waals surface area contributed by atoms with Crippen molar-refractivity contribution in [2.75, 3.05) is 12.4 Å². The molecule has 156 valence electrons. The minimum atomic E-state index is -4.58. The summed E-state index contributed by atoms with van der Waals surface area (Å²) >= 11 is 0. The van der Waals surface area contributed by atoms with E-state index in [1.807, 2.05) is 0 Å². The molecule has 2 fully saturated rings. The molecule has 0 aliphatic carbocycles. The fraction of sp³-hybridized carbons (Fsp3) is 0.353. The molecule has 2 saturated heterocycles. The van der Waals surface area contributed by atoms with Gasteiger partial charge in [-0.15, -0.1) is 0 Å². The first-order valence-corrected chi connectivity index (χ1v) is 9.56. The molecule has 0 aromatic heterocycles. The number of aliphatic carboxylic acids is 1. The Labute approximate surface area is 164 Å². The molecule has 0 bridgehead atoms. The molecule has 0 radical (unpaired) electrons. The summed E-state index contributed by atoms with van der Waals surface area (Å²) in [5, 5.41) is 12.5. The maximum atomic E-state index is 12.7. The topological polar surface area (TPSA) is 116 Å². The summed E-state index contributed by atoms with van der Waals surface area (Å²) in [7, 11) is -1.68. The van der Waals surface area contributed by atoms with Crippen molar-refractivity contribution in [1.29, 1.82) is 0 Å². The van der Waals surface area contributed by atoms with E-state index in [0.717, 1.165) is 23.1 Å². The van der Waals surface area contributed by atoms with Crippen LogP contribution in [-0.4, -0.2) is 56.7 Å². The maximum Gasteiger partial charge on any atom is 0.416 e. The number of hydrogen-bond donors (Lipinski definition) is 1. The fourth-order valence-corrected chi connectivity index (χ4v) is 4.78. The molecule has 2 heterocycles. The van der Waals surface area contributed by atoms with Crippen LogP contribution in [0, 0.1) is 0 Å². The molecule has 8 nitrogen and oxygen atoms in total. The van der Waals surface area contributed by atoms with Crippen molar-refractivity contribution in [2.24, 2.45) is 0 Å². The third-order valence-electron chi connectivity index (χ3n) is 4.41. The highest BCUT2D eigenvalue weighted by molar-refractivity contribution is 7.86. The molecular weight excluding hydrogens is 417 g/mol. The largest absolute Gasteiger partial charge is 0.548 e. The van der Waals surface area contributed by atoms with Crippen molar-refractivity contribution in [3.05, 3.63) is 42.0 Å². The number of alkyl halides is 3. The number of amides is 2. The number of carboxylic acids is 1. The lowest BCUT2D eigenvalue weighted by atomic mass is 9.98. The first-order chi connectivity index (χ1) is 13.5. The van der Waals surface area contributed by atoms with E-state index in [-0.39, 0.29) is 17.1 Å². The number of nitrogens with zero attached hydrogens (tertiary/aromatic N) is 1. The Bertz CT molecular complexity index is 919. The SMILES string of the molecule is C=C1CS(=O)[C@@H]2C(NC(=O)COc3cccc(C(F)(F)F)c3)C(=O)N2C1C(=O)[O-]. The van der Waals surface area contributed by atoms with Crippen LogP contribution in [0.4, 0.5) is 13.2 Å². The van der Waals surface area contributed by atoms with Gasteiger partial charge in [0.2, 0.25) is 5.91 Å². The summed E-state index contributed by atoms with van der Waals surface area (Å²) in [6, 6.07) is 1.24. The van der Waals surface area contributed by atoms with Gasteiger partial charge in [0.25, 0.3) is 5.91 Å². The highest BCUT2D eigenvalue weighted by atomic mass is 32.2. The van der Waals surface area contributed by atoms with Crippen LogP contribution in [0.2, 0.25) is 0 Å². The standard InChI is InChI=1S/C17H15F3N2O6S/c1-8-7-29(27)15-12(14(24)22(15)13(8)16(25)26)21-11(23)6-28-10-4-2-3-9(5-10)17(18,19)20/h2-5,12-13,15H,1,6-7H2,(H,21,23)(H,25,26)/p-1/t12?,13?,15-,29?/m1/s1. The molecule has 2 amide bonds. The van der Waals surface area contributed by atoms with Gasteiger partial charge in [-0.25, -0.2) is 0 Å². The van der Waals surface area contributed by atoms with Crippen LogP contribution in [0.3, 0.4) is 0 Å². The Hall–Kier alpha value is -2.89. The second kappa shape index (κ2) is 7.50. The smallest absolute Gasteiger partial charge is 0.416 e. The lowest BCUT2D eigenvalue weighted by molar-refractivity contribution is -0.311. The Balaban J connectivity index is 1.62. The second-order valence-corrected chi connectivity index (χ2v) is 7.93. The molecule has 4 atom stereocenters. The Morgan fingerprint density at radius 3 is 2.69 bits per heavy atom. The van der Waals surface area contributed by atoms with E-state index in [9.17, 15) is 36.9 Å². The molecule has 2 aliphatic rings. The quantitative estimate of drug-likeness (QED) is 0.481. The number of fused-ring (bicyclic) bond motifs is 1. The van der Waals surface area contributed by atoms with Crippen molar-refractivity contribution in [1.82, 2.24) is 10.2 Å². The van der Waals surface area contributed by atoms with Gasteiger partial charge in [0.05, 0.1) is 28.4 Å². The zero-order valence-electron chi connectivity index (χ0n) is 14.6. The van der Waals surface area contributed by atoms with Crippen LogP contribution < -0.4 is 15.2 Å². The van der Waals surface area contributed by atoms with E-state index in [1.165, 1.54) is 6.07 Å². The van der Waals surface area contributed by atoms with Crippen molar-refractivity contribution in [3.8, 4) is 5.75 Å². The summed E-state index contributed by atoms with van der Waals surface area (Å²) in [6.07, 6.45) is -4.58. The lowest BCUT2D eigenvalue weighted by Gasteiger charge is -2.53. The molecule has 12 heteroatoms. The number of benzene rings is 1. The van der Waals surface area contributed by atoms with Crippen LogP contribution >= 0.6 is 0 Å². The molecule has 3 rings (SSSR count). The third-order valence-corrected chi connectivity index (χ3v) is 6.11. The van der Waals surface area contributed by atoms with Gasteiger partial charge in [-0.3, -0.25) is 13.8 Å².